The van der Waals surface area contributed by atoms with E-state index in [1.165, 1.54) is 11.1 Å². The summed E-state index contributed by atoms with van der Waals surface area (Å²) >= 11 is 7.71. The summed E-state index contributed by atoms with van der Waals surface area (Å²) in [7, 11) is 0. The van der Waals surface area contributed by atoms with Crippen LogP contribution < -0.4 is 9.62 Å². The molecule has 4 rings (SSSR count). The summed E-state index contributed by atoms with van der Waals surface area (Å²) in [6.07, 6.45) is 1.68. The Morgan fingerprint density at radius 1 is 1.26 bits per heavy atom. The normalized spacial score (nSPS) is 23.1. The van der Waals surface area contributed by atoms with Crippen LogP contribution in [0.2, 0.25) is 5.02 Å². The Hall–Kier alpha value is -1.65. The van der Waals surface area contributed by atoms with E-state index in [1.54, 1.807) is 11.9 Å². The molecule has 1 N–H and O–H groups in total. The van der Waals surface area contributed by atoms with Crippen molar-refractivity contribution in [3.63, 3.8) is 0 Å². The van der Waals surface area contributed by atoms with Crippen LogP contribution in [0.3, 0.4) is 0 Å². The van der Waals surface area contributed by atoms with Crippen molar-refractivity contribution in [2.24, 2.45) is 5.92 Å². The number of rotatable bonds is 5. The van der Waals surface area contributed by atoms with Gasteiger partial charge in [0.05, 0.1) is 0 Å². The summed E-state index contributed by atoms with van der Waals surface area (Å²) in [5.41, 5.74) is 4.48. The van der Waals surface area contributed by atoms with Gasteiger partial charge in [-0.1, -0.05) is 44.5 Å². The molecule has 2 aromatic carbocycles. The Morgan fingerprint density at radius 3 is 2.74 bits per heavy atom. The van der Waals surface area contributed by atoms with Gasteiger partial charge in [0.15, 0.2) is 0 Å². The first-order chi connectivity index (χ1) is 12.8. The summed E-state index contributed by atoms with van der Waals surface area (Å²) < 4.78 is 3.45. The number of hydrogen-bond acceptors (Lipinski definition) is 3. The van der Waals surface area contributed by atoms with Crippen molar-refractivity contribution in [2.75, 3.05) is 9.62 Å². The van der Waals surface area contributed by atoms with Crippen molar-refractivity contribution >= 4 is 40.8 Å². The van der Waals surface area contributed by atoms with Crippen LogP contribution in [0.15, 0.2) is 42.5 Å². The van der Waals surface area contributed by atoms with Gasteiger partial charge in [-0.3, -0.25) is 4.79 Å². The predicted molar refractivity (Wildman–Crippen MR) is 116 cm³/mol. The second-order valence-electron chi connectivity index (χ2n) is 8.36. The number of anilines is 2. The third kappa shape index (κ3) is 3.83. The van der Waals surface area contributed by atoms with Crippen molar-refractivity contribution in [1.29, 1.82) is 0 Å². The molecule has 3 nitrogen and oxygen atoms in total. The van der Waals surface area contributed by atoms with Crippen molar-refractivity contribution < 1.29 is 4.79 Å². The number of nitrogens with one attached hydrogen (secondary N) is 1. The lowest BCUT2D eigenvalue weighted by atomic mass is 9.77. The predicted octanol–water partition coefficient (Wildman–Crippen LogP) is 6.02. The molecule has 2 unspecified atom stereocenters. The minimum absolute atomic E-state index is 0.143. The van der Waals surface area contributed by atoms with E-state index in [1.807, 2.05) is 23.1 Å². The van der Waals surface area contributed by atoms with Gasteiger partial charge in [0.2, 0.25) is 5.91 Å². The van der Waals surface area contributed by atoms with E-state index in [4.69, 9.17) is 11.6 Å². The molecule has 1 amide bonds. The Morgan fingerprint density at radius 2 is 2.04 bits per heavy atom. The molecule has 1 aliphatic heterocycles. The molecule has 1 heterocycles. The molecule has 0 saturated heterocycles. The fourth-order valence-electron chi connectivity index (χ4n) is 3.90. The summed E-state index contributed by atoms with van der Waals surface area (Å²) in [6.45, 7) is 6.56. The molecule has 27 heavy (non-hydrogen) atoms. The second kappa shape index (κ2) is 7.06. The largest absolute Gasteiger partial charge is 0.329 e. The maximum absolute atomic E-state index is 12.7. The molecule has 142 valence electrons. The fraction of sp³-hybridized carbons (Fsp3) is 0.409. The number of carbonyl (C=O) groups excluding carboxylic acids is 1. The minimum Gasteiger partial charge on any atom is -0.329 e. The van der Waals surface area contributed by atoms with Crippen molar-refractivity contribution in [3.05, 3.63) is 58.6 Å². The molecular formula is C22H25ClN2OS. The first-order valence-corrected chi connectivity index (χ1v) is 10.8. The van der Waals surface area contributed by atoms with Gasteiger partial charge < -0.3 is 9.62 Å². The van der Waals surface area contributed by atoms with E-state index in [9.17, 15) is 4.79 Å². The molecule has 0 radical (unpaired) electrons. The first-order valence-electron chi connectivity index (χ1n) is 9.44. The van der Waals surface area contributed by atoms with Crippen LogP contribution in [0.4, 0.5) is 11.4 Å². The zero-order chi connectivity index (χ0) is 19.2. The number of nitrogens with zero attached hydrogens (tertiary/aromatic N) is 1. The number of fused-ring (bicyclic) bond motifs is 1. The summed E-state index contributed by atoms with van der Waals surface area (Å²) in [5.74, 6) is 1.71. The highest BCUT2D eigenvalue weighted by molar-refractivity contribution is 7.99. The molecule has 0 spiro atoms. The SMILES string of the molecule is CC1CC1N1C(=O)CC(C)(C)c2cc(NSCc3cccc(Cl)c3)ccc21. The van der Waals surface area contributed by atoms with Crippen molar-refractivity contribution in [1.82, 2.24) is 0 Å². The summed E-state index contributed by atoms with van der Waals surface area (Å²) in [6, 6.07) is 14.7. The van der Waals surface area contributed by atoms with Gasteiger partial charge in [0.1, 0.15) is 0 Å². The molecule has 5 heteroatoms. The molecule has 1 fully saturated rings. The monoisotopic (exact) mass is 400 g/mol. The highest BCUT2D eigenvalue weighted by Gasteiger charge is 2.46. The molecule has 0 bridgehead atoms. The number of halogens is 1. The van der Waals surface area contributed by atoms with Crippen LogP contribution in [0.1, 0.15) is 44.7 Å². The van der Waals surface area contributed by atoms with Gasteiger partial charge in [0.25, 0.3) is 0 Å². The maximum atomic E-state index is 12.7. The van der Waals surface area contributed by atoms with Crippen LogP contribution in [-0.2, 0) is 16.0 Å². The van der Waals surface area contributed by atoms with Gasteiger partial charge in [0, 0.05) is 40.0 Å². The molecule has 2 aromatic rings. The average Bonchev–Trinajstić information content (AvgIpc) is 3.31. The highest BCUT2D eigenvalue weighted by Crippen LogP contribution is 2.47. The number of benzene rings is 2. The minimum atomic E-state index is -0.143. The van der Waals surface area contributed by atoms with E-state index < -0.39 is 0 Å². The van der Waals surface area contributed by atoms with E-state index in [0.717, 1.165) is 28.6 Å². The van der Waals surface area contributed by atoms with E-state index in [0.29, 0.717) is 18.4 Å². The topological polar surface area (TPSA) is 32.3 Å². The number of carbonyl (C=O) groups is 1. The van der Waals surface area contributed by atoms with Gasteiger partial charge >= 0.3 is 0 Å². The third-order valence-corrected chi connectivity index (χ3v) is 6.66. The molecule has 1 aliphatic carbocycles. The maximum Gasteiger partial charge on any atom is 0.228 e. The Labute approximate surface area is 170 Å². The van der Waals surface area contributed by atoms with Crippen molar-refractivity contribution in [2.45, 2.75) is 50.8 Å². The zero-order valence-corrected chi connectivity index (χ0v) is 17.5. The molecule has 2 aliphatic rings. The molecular weight excluding hydrogens is 376 g/mol. The third-order valence-electron chi connectivity index (χ3n) is 5.56. The van der Waals surface area contributed by atoms with Crippen LogP contribution >= 0.6 is 23.5 Å². The van der Waals surface area contributed by atoms with Crippen LogP contribution in [0.25, 0.3) is 0 Å². The Balaban J connectivity index is 1.52. The van der Waals surface area contributed by atoms with Crippen LogP contribution in [-0.4, -0.2) is 11.9 Å². The van der Waals surface area contributed by atoms with Gasteiger partial charge in [-0.15, -0.1) is 0 Å². The van der Waals surface area contributed by atoms with Gasteiger partial charge in [-0.2, -0.15) is 0 Å². The smallest absolute Gasteiger partial charge is 0.228 e. The quantitative estimate of drug-likeness (QED) is 0.622. The number of amides is 1. The lowest BCUT2D eigenvalue weighted by Crippen LogP contribution is -2.43. The van der Waals surface area contributed by atoms with E-state index in [-0.39, 0.29) is 11.3 Å². The van der Waals surface area contributed by atoms with Gasteiger partial charge in [-0.25, -0.2) is 0 Å². The average molecular weight is 401 g/mol. The van der Waals surface area contributed by atoms with E-state index >= 15 is 0 Å². The Bertz CT molecular complexity index is 882. The van der Waals surface area contributed by atoms with Crippen molar-refractivity contribution in [3.8, 4) is 0 Å². The van der Waals surface area contributed by atoms with Crippen LogP contribution in [0, 0.1) is 5.92 Å². The standard InChI is InChI=1S/C22H25ClN2OS/c1-14-9-20(14)25-19-8-7-17(11-18(19)22(2,3)12-21(25)26)24-27-13-15-5-4-6-16(23)10-15/h4-8,10-11,14,20,24H,9,12-13H2,1-3H3. The Kier molecular flexibility index (Phi) is 4.89. The fourth-order valence-corrected chi connectivity index (χ4v) is 4.82. The van der Waals surface area contributed by atoms with Crippen LogP contribution in [0.5, 0.6) is 0 Å². The zero-order valence-electron chi connectivity index (χ0n) is 16.0. The molecule has 1 saturated carbocycles. The lowest BCUT2D eigenvalue weighted by Gasteiger charge is -2.39. The first kappa shape index (κ1) is 18.7. The summed E-state index contributed by atoms with van der Waals surface area (Å²) in [5, 5.41) is 0.766. The molecule has 0 aromatic heterocycles. The second-order valence-corrected chi connectivity index (χ2v) is 9.58. The number of hydrogen-bond donors (Lipinski definition) is 1. The highest BCUT2D eigenvalue weighted by atomic mass is 35.5. The lowest BCUT2D eigenvalue weighted by molar-refractivity contribution is -0.120. The van der Waals surface area contributed by atoms with Gasteiger partial charge in [-0.05, 0) is 65.7 Å². The van der Waals surface area contributed by atoms with E-state index in [2.05, 4.69) is 49.8 Å². The summed E-state index contributed by atoms with van der Waals surface area (Å²) in [4.78, 5) is 14.8. The molecule has 2 atom stereocenters.